The van der Waals surface area contributed by atoms with Crippen molar-refractivity contribution in [1.82, 2.24) is 10.2 Å². The van der Waals surface area contributed by atoms with E-state index in [1.54, 1.807) is 0 Å². The van der Waals surface area contributed by atoms with E-state index in [1.807, 2.05) is 24.3 Å². The normalized spacial score (nSPS) is 16.0. The number of H-pyrrole nitrogens is 1. The number of aldehydes is 1. The number of nitrogens with zero attached hydrogens (tertiary/aromatic N) is 1. The van der Waals surface area contributed by atoms with Crippen LogP contribution in [0.2, 0.25) is 0 Å². The minimum Gasteiger partial charge on any atom is -0.490 e. The number of aromatic amines is 1. The van der Waals surface area contributed by atoms with Crippen molar-refractivity contribution in [1.29, 1.82) is 0 Å². The maximum absolute atomic E-state index is 10.9. The number of carbonyl (C=O) groups excluding carboxylic acids is 1. The van der Waals surface area contributed by atoms with Gasteiger partial charge in [0.25, 0.3) is 0 Å². The van der Waals surface area contributed by atoms with Gasteiger partial charge in [-0.25, -0.2) is 0 Å². The summed E-state index contributed by atoms with van der Waals surface area (Å²) in [6, 6.07) is 7.83. The fourth-order valence-electron chi connectivity index (χ4n) is 2.69. The lowest BCUT2D eigenvalue weighted by atomic mass is 9.98. The van der Waals surface area contributed by atoms with E-state index in [2.05, 4.69) is 10.2 Å². The average molecular weight is 270 g/mol. The summed E-state index contributed by atoms with van der Waals surface area (Å²) in [5, 5.41) is 6.75. The standard InChI is InChI=1S/C16H18N2O2/c19-11-13-10-17-18-16(13)12-6-8-15(9-7-12)20-14-4-2-1-3-5-14/h6-11,14H,1-5H2,(H,17,18). The smallest absolute Gasteiger partial charge is 0.153 e. The molecule has 0 amide bonds. The molecule has 104 valence electrons. The van der Waals surface area contributed by atoms with Gasteiger partial charge in [0, 0.05) is 5.56 Å². The average Bonchev–Trinajstić information content (AvgIpc) is 2.98. The first-order valence-corrected chi connectivity index (χ1v) is 7.12. The van der Waals surface area contributed by atoms with Gasteiger partial charge in [-0.1, -0.05) is 6.42 Å². The van der Waals surface area contributed by atoms with E-state index in [-0.39, 0.29) is 0 Å². The minimum atomic E-state index is 0.354. The summed E-state index contributed by atoms with van der Waals surface area (Å²) in [6.07, 6.45) is 8.86. The van der Waals surface area contributed by atoms with Crippen LogP contribution in [0.25, 0.3) is 11.3 Å². The molecule has 0 radical (unpaired) electrons. The lowest BCUT2D eigenvalue weighted by molar-refractivity contribution is 0.112. The molecule has 0 saturated heterocycles. The molecule has 4 heteroatoms. The lowest BCUT2D eigenvalue weighted by Gasteiger charge is -2.23. The van der Waals surface area contributed by atoms with Gasteiger partial charge in [-0.15, -0.1) is 0 Å². The van der Waals surface area contributed by atoms with Crippen LogP contribution in [0.1, 0.15) is 42.5 Å². The van der Waals surface area contributed by atoms with E-state index in [1.165, 1.54) is 25.5 Å². The number of hydrogen-bond donors (Lipinski definition) is 1. The van der Waals surface area contributed by atoms with Crippen LogP contribution in [0.4, 0.5) is 0 Å². The third-order valence-electron chi connectivity index (χ3n) is 3.79. The van der Waals surface area contributed by atoms with Crippen LogP contribution in [0, 0.1) is 0 Å². The molecule has 1 fully saturated rings. The van der Waals surface area contributed by atoms with E-state index < -0.39 is 0 Å². The van der Waals surface area contributed by atoms with E-state index in [4.69, 9.17) is 4.74 Å². The SMILES string of the molecule is O=Cc1cn[nH]c1-c1ccc(OC2CCCCC2)cc1. The van der Waals surface area contributed by atoms with Crippen LogP contribution < -0.4 is 4.74 Å². The van der Waals surface area contributed by atoms with E-state index in [0.29, 0.717) is 11.7 Å². The Kier molecular flexibility index (Phi) is 3.81. The molecule has 1 aromatic carbocycles. The van der Waals surface area contributed by atoms with Gasteiger partial charge in [-0.3, -0.25) is 9.89 Å². The van der Waals surface area contributed by atoms with E-state index >= 15 is 0 Å². The lowest BCUT2D eigenvalue weighted by Crippen LogP contribution is -2.19. The number of carbonyl (C=O) groups is 1. The van der Waals surface area contributed by atoms with Gasteiger partial charge in [-0.05, 0) is 49.9 Å². The molecule has 1 aliphatic carbocycles. The Labute approximate surface area is 118 Å². The highest BCUT2D eigenvalue weighted by Gasteiger charge is 2.15. The van der Waals surface area contributed by atoms with Gasteiger partial charge in [0.15, 0.2) is 6.29 Å². The molecule has 4 nitrogen and oxygen atoms in total. The molecular formula is C16H18N2O2. The molecule has 2 aromatic rings. The van der Waals surface area contributed by atoms with Gasteiger partial charge in [0.2, 0.25) is 0 Å². The number of ether oxygens (including phenoxy) is 1. The largest absolute Gasteiger partial charge is 0.490 e. The second-order valence-electron chi connectivity index (χ2n) is 5.22. The Balaban J connectivity index is 1.72. The highest BCUT2D eigenvalue weighted by atomic mass is 16.5. The summed E-state index contributed by atoms with van der Waals surface area (Å²) in [7, 11) is 0. The zero-order valence-electron chi connectivity index (χ0n) is 11.3. The van der Waals surface area contributed by atoms with Crippen LogP contribution in [0.5, 0.6) is 5.75 Å². The molecule has 1 aromatic heterocycles. The van der Waals surface area contributed by atoms with Gasteiger partial charge in [0.1, 0.15) is 5.75 Å². The topological polar surface area (TPSA) is 55.0 Å². The van der Waals surface area contributed by atoms with Crippen molar-refractivity contribution >= 4 is 6.29 Å². The van der Waals surface area contributed by atoms with Crippen molar-refractivity contribution < 1.29 is 9.53 Å². The molecule has 0 bridgehead atoms. The quantitative estimate of drug-likeness (QED) is 0.864. The molecule has 1 heterocycles. The van der Waals surface area contributed by atoms with Crippen LogP contribution in [-0.2, 0) is 0 Å². The summed E-state index contributed by atoms with van der Waals surface area (Å²) >= 11 is 0. The maximum Gasteiger partial charge on any atom is 0.153 e. The van der Waals surface area contributed by atoms with Crippen molar-refractivity contribution in [3.8, 4) is 17.0 Å². The third kappa shape index (κ3) is 2.74. The van der Waals surface area contributed by atoms with Crippen molar-refractivity contribution in [2.45, 2.75) is 38.2 Å². The highest BCUT2D eigenvalue weighted by molar-refractivity contribution is 5.85. The zero-order valence-corrected chi connectivity index (χ0v) is 11.3. The zero-order chi connectivity index (χ0) is 13.8. The Morgan fingerprint density at radius 1 is 1.15 bits per heavy atom. The highest BCUT2D eigenvalue weighted by Crippen LogP contribution is 2.26. The predicted octanol–water partition coefficient (Wildman–Crippen LogP) is 3.60. The molecule has 0 unspecified atom stereocenters. The fraction of sp³-hybridized carbons (Fsp3) is 0.375. The maximum atomic E-state index is 10.9. The first-order chi connectivity index (χ1) is 9.86. The molecular weight excluding hydrogens is 252 g/mol. The van der Waals surface area contributed by atoms with Crippen LogP contribution in [-0.4, -0.2) is 22.6 Å². The third-order valence-corrected chi connectivity index (χ3v) is 3.79. The summed E-state index contributed by atoms with van der Waals surface area (Å²) in [6.45, 7) is 0. The fourth-order valence-corrected chi connectivity index (χ4v) is 2.69. The van der Waals surface area contributed by atoms with Crippen LogP contribution in [0.15, 0.2) is 30.5 Å². The Hall–Kier alpha value is -2.10. The van der Waals surface area contributed by atoms with Crippen molar-refractivity contribution in [3.05, 3.63) is 36.0 Å². The summed E-state index contributed by atoms with van der Waals surface area (Å²) in [5.74, 6) is 0.896. The van der Waals surface area contributed by atoms with Gasteiger partial charge in [0.05, 0.1) is 23.6 Å². The minimum absolute atomic E-state index is 0.354. The molecule has 0 aliphatic heterocycles. The Morgan fingerprint density at radius 2 is 1.90 bits per heavy atom. The monoisotopic (exact) mass is 270 g/mol. The summed E-state index contributed by atoms with van der Waals surface area (Å²) in [4.78, 5) is 10.9. The number of nitrogens with one attached hydrogen (secondary N) is 1. The Morgan fingerprint density at radius 3 is 2.60 bits per heavy atom. The van der Waals surface area contributed by atoms with Crippen LogP contribution in [0.3, 0.4) is 0 Å². The van der Waals surface area contributed by atoms with E-state index in [9.17, 15) is 4.79 Å². The number of rotatable bonds is 4. The Bertz CT molecular complexity index is 568. The molecule has 0 atom stereocenters. The van der Waals surface area contributed by atoms with Gasteiger partial charge >= 0.3 is 0 Å². The van der Waals surface area contributed by atoms with Crippen molar-refractivity contribution in [3.63, 3.8) is 0 Å². The number of aromatic nitrogens is 2. The molecule has 1 saturated carbocycles. The molecule has 1 N–H and O–H groups in total. The number of hydrogen-bond acceptors (Lipinski definition) is 3. The molecule has 1 aliphatic rings. The summed E-state index contributed by atoms with van der Waals surface area (Å²) in [5.41, 5.74) is 2.27. The van der Waals surface area contributed by atoms with E-state index in [0.717, 1.165) is 36.1 Å². The summed E-state index contributed by atoms with van der Waals surface area (Å²) < 4.78 is 5.99. The van der Waals surface area contributed by atoms with Crippen LogP contribution >= 0.6 is 0 Å². The molecule has 3 rings (SSSR count). The molecule has 0 spiro atoms. The second kappa shape index (κ2) is 5.90. The van der Waals surface area contributed by atoms with Gasteiger partial charge < -0.3 is 4.74 Å². The first-order valence-electron chi connectivity index (χ1n) is 7.12. The van der Waals surface area contributed by atoms with Crippen molar-refractivity contribution in [2.75, 3.05) is 0 Å². The molecule has 20 heavy (non-hydrogen) atoms. The number of benzene rings is 1. The predicted molar refractivity (Wildman–Crippen MR) is 76.9 cm³/mol. The van der Waals surface area contributed by atoms with Crippen molar-refractivity contribution in [2.24, 2.45) is 0 Å². The second-order valence-corrected chi connectivity index (χ2v) is 5.22. The first kappa shape index (κ1) is 12.9. The van der Waals surface area contributed by atoms with Gasteiger partial charge in [-0.2, -0.15) is 5.10 Å².